The maximum atomic E-state index is 13.0. The van der Waals surface area contributed by atoms with E-state index >= 15 is 0 Å². The minimum Gasteiger partial charge on any atom is -0.479 e. The number of hydrogen-bond acceptors (Lipinski definition) is 6. The summed E-state index contributed by atoms with van der Waals surface area (Å²) in [6, 6.07) is 18.7. The fourth-order valence-corrected chi connectivity index (χ4v) is 5.51. The zero-order valence-electron chi connectivity index (χ0n) is 17.1. The van der Waals surface area contributed by atoms with Crippen molar-refractivity contribution in [3.05, 3.63) is 90.2 Å². The Hall–Kier alpha value is -3.21. The number of amides is 1. The van der Waals surface area contributed by atoms with Crippen LogP contribution in [0.25, 0.3) is 0 Å². The van der Waals surface area contributed by atoms with Crippen molar-refractivity contribution >= 4 is 39.2 Å². The van der Waals surface area contributed by atoms with Crippen LogP contribution in [0.15, 0.2) is 88.7 Å². The van der Waals surface area contributed by atoms with E-state index in [0.29, 0.717) is 4.90 Å². The van der Waals surface area contributed by atoms with Crippen molar-refractivity contribution in [3.63, 3.8) is 0 Å². The summed E-state index contributed by atoms with van der Waals surface area (Å²) in [6.07, 6.45) is 0. The van der Waals surface area contributed by atoms with Gasteiger partial charge in [-0.3, -0.25) is 4.79 Å². The highest BCUT2D eigenvalue weighted by Crippen LogP contribution is 2.26. The minimum atomic E-state index is -4.17. The molecule has 0 aromatic heterocycles. The Morgan fingerprint density at radius 3 is 2.12 bits per heavy atom. The Kier molecular flexibility index (Phi) is 7.52. The first-order chi connectivity index (χ1) is 15.6. The maximum Gasteiger partial charge on any atom is 0.337 e. The molecule has 3 rings (SSSR count). The number of nitrogens with one attached hydrogen (secondary N) is 1. The third-order valence-corrected chi connectivity index (χ3v) is 7.70. The summed E-state index contributed by atoms with van der Waals surface area (Å²) in [6.45, 7) is 0. The second-order valence-corrected chi connectivity index (χ2v) is 10.2. The molecule has 0 radical (unpaired) electrons. The number of anilines is 1. The number of carboxylic acid groups (broad SMARTS) is 1. The van der Waals surface area contributed by atoms with E-state index < -0.39 is 38.9 Å². The summed E-state index contributed by atoms with van der Waals surface area (Å²) in [5.74, 6) is -4.01. The van der Waals surface area contributed by atoms with E-state index in [4.69, 9.17) is 0 Å². The van der Waals surface area contributed by atoms with Crippen molar-refractivity contribution < 1.29 is 32.6 Å². The maximum absolute atomic E-state index is 13.0. The molecule has 3 N–H and O–H groups in total. The minimum absolute atomic E-state index is 0.202. The largest absolute Gasteiger partial charge is 0.479 e. The van der Waals surface area contributed by atoms with Crippen LogP contribution in [-0.4, -0.2) is 47.6 Å². The SMILES string of the molecule is O=C(Nc1ccc(S(=O)(=O)CC(O)(CSc2ccccc2)C(=O)O)cc1)c1ccc(F)cc1. The second kappa shape index (κ2) is 10.2. The van der Waals surface area contributed by atoms with Crippen molar-refractivity contribution in [3.8, 4) is 0 Å². The molecule has 0 saturated carbocycles. The topological polar surface area (TPSA) is 121 Å². The Morgan fingerprint density at radius 2 is 1.55 bits per heavy atom. The lowest BCUT2D eigenvalue weighted by atomic mass is 10.1. The molecule has 0 saturated heterocycles. The second-order valence-electron chi connectivity index (χ2n) is 7.18. The van der Waals surface area contributed by atoms with Crippen LogP contribution in [0.2, 0.25) is 0 Å². The summed E-state index contributed by atoms with van der Waals surface area (Å²) in [7, 11) is -4.17. The molecular weight excluding hydrogens is 469 g/mol. The molecule has 0 bridgehead atoms. The quantitative estimate of drug-likeness (QED) is 0.394. The number of carbonyl (C=O) groups excluding carboxylic acids is 1. The monoisotopic (exact) mass is 489 g/mol. The summed E-state index contributed by atoms with van der Waals surface area (Å²) >= 11 is 1.03. The molecule has 1 atom stereocenters. The number of benzene rings is 3. The van der Waals surface area contributed by atoms with Gasteiger partial charge in [0.2, 0.25) is 0 Å². The van der Waals surface area contributed by atoms with Gasteiger partial charge in [-0.2, -0.15) is 0 Å². The van der Waals surface area contributed by atoms with Crippen LogP contribution < -0.4 is 5.32 Å². The molecule has 33 heavy (non-hydrogen) atoms. The highest BCUT2D eigenvalue weighted by atomic mass is 32.2. The molecule has 0 heterocycles. The number of aliphatic hydroxyl groups is 1. The lowest BCUT2D eigenvalue weighted by molar-refractivity contribution is -0.153. The van der Waals surface area contributed by atoms with Crippen molar-refractivity contribution in [2.24, 2.45) is 0 Å². The molecule has 3 aromatic rings. The van der Waals surface area contributed by atoms with Crippen molar-refractivity contribution in [1.29, 1.82) is 0 Å². The average molecular weight is 490 g/mol. The van der Waals surface area contributed by atoms with Gasteiger partial charge in [0.05, 0.1) is 10.6 Å². The smallest absolute Gasteiger partial charge is 0.337 e. The molecule has 0 fully saturated rings. The van der Waals surface area contributed by atoms with Crippen LogP contribution in [0.1, 0.15) is 10.4 Å². The lowest BCUT2D eigenvalue weighted by Gasteiger charge is -2.23. The molecular formula is C23H20FNO6S2. The summed E-state index contributed by atoms with van der Waals surface area (Å²) in [5.41, 5.74) is -2.00. The highest BCUT2D eigenvalue weighted by Gasteiger charge is 2.41. The van der Waals surface area contributed by atoms with Gasteiger partial charge in [0.1, 0.15) is 5.82 Å². The average Bonchev–Trinajstić information content (AvgIpc) is 2.79. The van der Waals surface area contributed by atoms with E-state index in [0.717, 1.165) is 23.9 Å². The molecule has 172 valence electrons. The number of carbonyl (C=O) groups is 2. The molecule has 10 heteroatoms. The number of aliphatic carboxylic acids is 1. The van der Waals surface area contributed by atoms with Crippen LogP contribution in [0.5, 0.6) is 0 Å². The number of halogens is 1. The molecule has 0 aliphatic heterocycles. The zero-order chi connectivity index (χ0) is 24.1. The molecule has 0 aliphatic carbocycles. The first-order valence-corrected chi connectivity index (χ1v) is 12.3. The molecule has 7 nitrogen and oxygen atoms in total. The Balaban J connectivity index is 1.71. The Bertz CT molecular complexity index is 1230. The van der Waals surface area contributed by atoms with Crippen LogP contribution >= 0.6 is 11.8 Å². The first kappa shape index (κ1) is 24.4. The van der Waals surface area contributed by atoms with E-state index in [1.807, 2.05) is 0 Å². The van der Waals surface area contributed by atoms with Crippen LogP contribution in [0.4, 0.5) is 10.1 Å². The van der Waals surface area contributed by atoms with E-state index in [1.54, 1.807) is 30.3 Å². The van der Waals surface area contributed by atoms with Gasteiger partial charge in [0, 0.05) is 21.9 Å². The standard InChI is InChI=1S/C23H20FNO6S2/c24-17-8-6-16(7-9-17)21(26)25-18-10-12-20(13-11-18)33(30,31)15-23(29,22(27)28)14-32-19-4-2-1-3-5-19/h1-13,29H,14-15H2,(H,25,26)(H,27,28). The van der Waals surface area contributed by atoms with Gasteiger partial charge in [-0.25, -0.2) is 17.6 Å². The predicted molar refractivity (Wildman–Crippen MR) is 123 cm³/mol. The first-order valence-electron chi connectivity index (χ1n) is 9.62. The predicted octanol–water partition coefficient (Wildman–Crippen LogP) is 3.46. The van der Waals surface area contributed by atoms with Gasteiger partial charge >= 0.3 is 5.97 Å². The number of thioether (sulfide) groups is 1. The molecule has 1 amide bonds. The van der Waals surface area contributed by atoms with Gasteiger partial charge < -0.3 is 15.5 Å². The summed E-state index contributed by atoms with van der Waals surface area (Å²) < 4.78 is 38.6. The van der Waals surface area contributed by atoms with E-state index in [-0.39, 0.29) is 21.9 Å². The van der Waals surface area contributed by atoms with Gasteiger partial charge in [-0.1, -0.05) is 18.2 Å². The van der Waals surface area contributed by atoms with Crippen molar-refractivity contribution in [2.75, 3.05) is 16.8 Å². The van der Waals surface area contributed by atoms with Crippen molar-refractivity contribution in [1.82, 2.24) is 0 Å². The van der Waals surface area contributed by atoms with E-state index in [9.17, 15) is 32.6 Å². The number of hydrogen-bond donors (Lipinski definition) is 3. The van der Waals surface area contributed by atoms with Crippen LogP contribution in [0, 0.1) is 5.82 Å². The van der Waals surface area contributed by atoms with Crippen LogP contribution in [-0.2, 0) is 14.6 Å². The number of sulfone groups is 1. The normalized spacial score (nSPS) is 13.2. The summed E-state index contributed by atoms with van der Waals surface area (Å²) in [5, 5.41) is 22.6. The summed E-state index contributed by atoms with van der Waals surface area (Å²) in [4.78, 5) is 24.4. The molecule has 0 aliphatic rings. The highest BCUT2D eigenvalue weighted by molar-refractivity contribution is 7.99. The third kappa shape index (κ3) is 6.41. The van der Waals surface area contributed by atoms with E-state index in [2.05, 4.69) is 5.32 Å². The Labute approximate surface area is 194 Å². The van der Waals surface area contributed by atoms with Crippen molar-refractivity contribution in [2.45, 2.75) is 15.4 Å². The van der Waals surface area contributed by atoms with Gasteiger partial charge in [-0.05, 0) is 60.7 Å². The fourth-order valence-electron chi connectivity index (χ4n) is 2.83. The van der Waals surface area contributed by atoms with Gasteiger partial charge in [-0.15, -0.1) is 11.8 Å². The number of carboxylic acids is 1. The number of rotatable bonds is 9. The fraction of sp³-hybridized carbons (Fsp3) is 0.130. The lowest BCUT2D eigenvalue weighted by Crippen LogP contribution is -2.47. The van der Waals surface area contributed by atoms with Crippen LogP contribution in [0.3, 0.4) is 0 Å². The Morgan fingerprint density at radius 1 is 0.939 bits per heavy atom. The third-order valence-electron chi connectivity index (χ3n) is 4.63. The molecule has 3 aromatic carbocycles. The zero-order valence-corrected chi connectivity index (χ0v) is 18.8. The van der Waals surface area contributed by atoms with Gasteiger partial charge in [0.25, 0.3) is 5.91 Å². The molecule has 0 spiro atoms. The van der Waals surface area contributed by atoms with Gasteiger partial charge in [0.15, 0.2) is 15.4 Å². The van der Waals surface area contributed by atoms with E-state index in [1.165, 1.54) is 36.4 Å². The molecule has 1 unspecified atom stereocenters.